The number of carbonyl (C=O) groups is 2. The van der Waals surface area contributed by atoms with E-state index in [9.17, 15) is 9.59 Å². The maximum Gasteiger partial charge on any atom is 0.246 e. The van der Waals surface area contributed by atoms with Gasteiger partial charge >= 0.3 is 0 Å². The molecule has 0 saturated carbocycles. The second-order valence-corrected chi connectivity index (χ2v) is 5.57. The van der Waals surface area contributed by atoms with Crippen LogP contribution in [0, 0.1) is 6.92 Å². The molecular formula is C13H15ClN4O2. The summed E-state index contributed by atoms with van der Waals surface area (Å²) in [6.07, 6.45) is 1.64. The van der Waals surface area contributed by atoms with Gasteiger partial charge in [0.25, 0.3) is 0 Å². The monoisotopic (exact) mass is 294 g/mol. The lowest BCUT2D eigenvalue weighted by Gasteiger charge is -2.36. The number of fused-ring (bicyclic) bond motifs is 1. The molecule has 3 heterocycles. The summed E-state index contributed by atoms with van der Waals surface area (Å²) in [5.41, 5.74) is 0.748. The number of nitrogens with zero attached hydrogens (tertiary/aromatic N) is 4. The van der Waals surface area contributed by atoms with E-state index in [0.29, 0.717) is 17.5 Å². The van der Waals surface area contributed by atoms with Gasteiger partial charge in [-0.15, -0.1) is 0 Å². The van der Waals surface area contributed by atoms with Gasteiger partial charge in [0.05, 0.1) is 6.54 Å². The molecule has 20 heavy (non-hydrogen) atoms. The normalized spacial score (nSPS) is 22.4. The lowest BCUT2D eigenvalue weighted by atomic mass is 10.1. The zero-order valence-corrected chi connectivity index (χ0v) is 11.9. The maximum atomic E-state index is 12.4. The molecule has 0 aliphatic carbocycles. The lowest BCUT2D eigenvalue weighted by molar-refractivity contribution is -0.154. The third-order valence-electron chi connectivity index (χ3n) is 3.70. The Kier molecular flexibility index (Phi) is 3.33. The Balaban J connectivity index is 1.80. The summed E-state index contributed by atoms with van der Waals surface area (Å²) in [6, 6.07) is 1.36. The van der Waals surface area contributed by atoms with E-state index in [4.69, 9.17) is 11.6 Å². The number of halogens is 1. The average Bonchev–Trinajstić information content (AvgIpc) is 2.84. The molecule has 2 saturated heterocycles. The molecule has 1 atom stereocenters. The van der Waals surface area contributed by atoms with E-state index in [0.717, 1.165) is 18.5 Å². The maximum absolute atomic E-state index is 12.4. The number of piperazine rings is 1. The fourth-order valence-electron chi connectivity index (χ4n) is 2.83. The second kappa shape index (κ2) is 5.01. The van der Waals surface area contributed by atoms with E-state index in [2.05, 4.69) is 9.97 Å². The van der Waals surface area contributed by atoms with Crippen molar-refractivity contribution < 1.29 is 9.59 Å². The molecule has 2 aliphatic rings. The molecule has 0 bridgehead atoms. The van der Waals surface area contributed by atoms with E-state index < -0.39 is 0 Å². The zero-order chi connectivity index (χ0) is 14.3. The summed E-state index contributed by atoms with van der Waals surface area (Å²) in [4.78, 5) is 36.0. The summed E-state index contributed by atoms with van der Waals surface area (Å²) in [5.74, 6) is 0.469. The largest absolute Gasteiger partial charge is 0.329 e. The number of hydrogen-bond acceptors (Lipinski definition) is 4. The van der Waals surface area contributed by atoms with Gasteiger partial charge in [-0.05, 0) is 25.8 Å². The highest BCUT2D eigenvalue weighted by Gasteiger charge is 2.41. The molecule has 0 aromatic carbocycles. The van der Waals surface area contributed by atoms with Crippen LogP contribution in [0.5, 0.6) is 0 Å². The predicted molar refractivity (Wildman–Crippen MR) is 71.9 cm³/mol. The summed E-state index contributed by atoms with van der Waals surface area (Å²) in [5, 5.41) is 0.353. The lowest BCUT2D eigenvalue weighted by Crippen LogP contribution is -2.57. The van der Waals surface area contributed by atoms with Crippen molar-refractivity contribution in [3.05, 3.63) is 22.7 Å². The number of aromatic nitrogens is 2. The van der Waals surface area contributed by atoms with E-state index in [-0.39, 0.29) is 30.9 Å². The third kappa shape index (κ3) is 2.35. The molecule has 2 amide bonds. The number of carbonyl (C=O) groups excluding carboxylic acids is 2. The minimum Gasteiger partial charge on any atom is -0.329 e. The molecule has 1 aromatic heterocycles. The molecule has 1 unspecified atom stereocenters. The van der Waals surface area contributed by atoms with Crippen LogP contribution in [-0.2, 0) is 16.1 Å². The highest BCUT2D eigenvalue weighted by Crippen LogP contribution is 2.24. The van der Waals surface area contributed by atoms with Gasteiger partial charge in [-0.3, -0.25) is 9.59 Å². The SMILES string of the molecule is Cc1cc(Cl)nc(CN2CC(=O)N3CCCC3C2=O)n1. The number of amides is 2. The standard InChI is InChI=1S/C13H15ClN4O2/c1-8-5-10(14)16-11(15-8)6-17-7-12(19)18-4-2-3-9(18)13(17)20/h5,9H,2-4,6-7H2,1H3. The number of aryl methyl sites for hydroxylation is 1. The Morgan fingerprint density at radius 3 is 2.95 bits per heavy atom. The Bertz CT molecular complexity index is 557. The molecule has 0 radical (unpaired) electrons. The van der Waals surface area contributed by atoms with Crippen molar-refractivity contribution in [3.63, 3.8) is 0 Å². The van der Waals surface area contributed by atoms with Crippen LogP contribution in [0.15, 0.2) is 6.07 Å². The van der Waals surface area contributed by atoms with Crippen molar-refractivity contribution in [2.24, 2.45) is 0 Å². The molecular weight excluding hydrogens is 280 g/mol. The van der Waals surface area contributed by atoms with Crippen molar-refractivity contribution in [2.45, 2.75) is 32.4 Å². The number of hydrogen-bond donors (Lipinski definition) is 0. The van der Waals surface area contributed by atoms with Gasteiger partial charge in [0, 0.05) is 12.2 Å². The van der Waals surface area contributed by atoms with Gasteiger partial charge in [0.15, 0.2) is 0 Å². The van der Waals surface area contributed by atoms with Gasteiger partial charge in [0.1, 0.15) is 23.6 Å². The van der Waals surface area contributed by atoms with Crippen LogP contribution in [0.2, 0.25) is 5.15 Å². The van der Waals surface area contributed by atoms with Crippen molar-refractivity contribution >= 4 is 23.4 Å². The van der Waals surface area contributed by atoms with Crippen molar-refractivity contribution in [3.8, 4) is 0 Å². The Morgan fingerprint density at radius 1 is 1.40 bits per heavy atom. The molecule has 2 aliphatic heterocycles. The topological polar surface area (TPSA) is 66.4 Å². The van der Waals surface area contributed by atoms with Gasteiger partial charge in [-0.2, -0.15) is 0 Å². The van der Waals surface area contributed by atoms with Gasteiger partial charge in [0.2, 0.25) is 11.8 Å². The van der Waals surface area contributed by atoms with Gasteiger partial charge in [-0.1, -0.05) is 11.6 Å². The van der Waals surface area contributed by atoms with Crippen molar-refractivity contribution in [2.75, 3.05) is 13.1 Å². The summed E-state index contributed by atoms with van der Waals surface area (Å²) in [6.45, 7) is 2.84. The average molecular weight is 295 g/mol. The van der Waals surface area contributed by atoms with Gasteiger partial charge < -0.3 is 9.80 Å². The Hall–Kier alpha value is -1.69. The first-order valence-electron chi connectivity index (χ1n) is 6.63. The summed E-state index contributed by atoms with van der Waals surface area (Å²) >= 11 is 5.89. The predicted octanol–water partition coefficient (Wildman–Crippen LogP) is 0.772. The summed E-state index contributed by atoms with van der Waals surface area (Å²) < 4.78 is 0. The van der Waals surface area contributed by atoms with Crippen LogP contribution >= 0.6 is 11.6 Å². The first-order chi connectivity index (χ1) is 9.54. The zero-order valence-electron chi connectivity index (χ0n) is 11.2. The van der Waals surface area contributed by atoms with E-state index in [1.54, 1.807) is 11.0 Å². The minimum atomic E-state index is -0.295. The second-order valence-electron chi connectivity index (χ2n) is 5.19. The van der Waals surface area contributed by atoms with Crippen LogP contribution in [0.3, 0.4) is 0 Å². The molecule has 0 N–H and O–H groups in total. The van der Waals surface area contributed by atoms with Crippen molar-refractivity contribution in [1.82, 2.24) is 19.8 Å². The molecule has 3 rings (SSSR count). The van der Waals surface area contributed by atoms with Crippen LogP contribution in [0.25, 0.3) is 0 Å². The highest BCUT2D eigenvalue weighted by atomic mass is 35.5. The smallest absolute Gasteiger partial charge is 0.246 e. The fourth-order valence-corrected chi connectivity index (χ4v) is 3.08. The van der Waals surface area contributed by atoms with Gasteiger partial charge in [-0.25, -0.2) is 9.97 Å². The molecule has 0 spiro atoms. The fraction of sp³-hybridized carbons (Fsp3) is 0.538. The Labute approximate surface area is 121 Å². The molecule has 6 nitrogen and oxygen atoms in total. The molecule has 1 aromatic rings. The quantitative estimate of drug-likeness (QED) is 0.756. The van der Waals surface area contributed by atoms with Crippen LogP contribution < -0.4 is 0 Å². The molecule has 7 heteroatoms. The number of rotatable bonds is 2. The van der Waals surface area contributed by atoms with Crippen molar-refractivity contribution in [1.29, 1.82) is 0 Å². The van der Waals surface area contributed by atoms with E-state index >= 15 is 0 Å². The summed E-state index contributed by atoms with van der Waals surface area (Å²) in [7, 11) is 0. The molecule has 2 fully saturated rings. The first kappa shape index (κ1) is 13.3. The minimum absolute atomic E-state index is 0.00542. The van der Waals surface area contributed by atoms with Crippen LogP contribution in [-0.4, -0.2) is 50.7 Å². The van der Waals surface area contributed by atoms with E-state index in [1.807, 2.05) is 6.92 Å². The first-order valence-corrected chi connectivity index (χ1v) is 7.01. The molecule has 106 valence electrons. The Morgan fingerprint density at radius 2 is 2.20 bits per heavy atom. The van der Waals surface area contributed by atoms with Crippen LogP contribution in [0.4, 0.5) is 0 Å². The van der Waals surface area contributed by atoms with E-state index in [1.165, 1.54) is 4.90 Å². The third-order valence-corrected chi connectivity index (χ3v) is 3.89. The van der Waals surface area contributed by atoms with Crippen LogP contribution in [0.1, 0.15) is 24.4 Å². The highest BCUT2D eigenvalue weighted by molar-refractivity contribution is 6.29.